The minimum Gasteiger partial charge on any atom is -0.495 e. The third-order valence-electron chi connectivity index (χ3n) is 6.29. The molecule has 1 unspecified atom stereocenters. The Labute approximate surface area is 188 Å². The molecule has 2 N–H and O–H groups in total. The lowest BCUT2D eigenvalue weighted by Crippen LogP contribution is -2.47. The molecule has 2 aliphatic rings. The van der Waals surface area contributed by atoms with Crippen LogP contribution in [-0.4, -0.2) is 36.4 Å². The van der Waals surface area contributed by atoms with Crippen molar-refractivity contribution in [3.05, 3.63) is 59.2 Å². The topological polar surface area (TPSA) is 87.7 Å². The maximum absolute atomic E-state index is 13.4. The number of imide groups is 1. The minimum atomic E-state index is -1.09. The molecule has 4 amide bonds. The van der Waals surface area contributed by atoms with Gasteiger partial charge in [-0.15, -0.1) is 0 Å². The molecule has 2 aromatic carbocycles. The summed E-state index contributed by atoms with van der Waals surface area (Å²) in [5.41, 5.74) is 2.22. The number of methoxy groups -OCH3 is 1. The molecule has 2 aromatic rings. The van der Waals surface area contributed by atoms with Crippen molar-refractivity contribution in [2.24, 2.45) is 0 Å². The van der Waals surface area contributed by atoms with Crippen LogP contribution in [0.15, 0.2) is 42.5 Å². The molecule has 1 aliphatic carbocycles. The van der Waals surface area contributed by atoms with E-state index in [9.17, 15) is 14.4 Å². The first-order valence-electron chi connectivity index (χ1n) is 10.9. The van der Waals surface area contributed by atoms with E-state index >= 15 is 0 Å². The van der Waals surface area contributed by atoms with Gasteiger partial charge in [-0.2, -0.15) is 0 Å². The van der Waals surface area contributed by atoms with E-state index in [1.54, 1.807) is 6.07 Å². The number of ether oxygens (including phenoxy) is 1. The molecular weight excluding hydrogens is 406 g/mol. The van der Waals surface area contributed by atoms with E-state index in [2.05, 4.69) is 31.4 Å². The highest BCUT2D eigenvalue weighted by Gasteiger charge is 2.54. The van der Waals surface area contributed by atoms with Crippen LogP contribution in [0, 0.1) is 0 Å². The van der Waals surface area contributed by atoms with E-state index in [1.807, 2.05) is 36.4 Å². The van der Waals surface area contributed by atoms with Gasteiger partial charge >= 0.3 is 6.03 Å². The van der Waals surface area contributed by atoms with Gasteiger partial charge in [0.05, 0.1) is 12.8 Å². The van der Waals surface area contributed by atoms with Crippen molar-refractivity contribution < 1.29 is 19.1 Å². The average molecular weight is 436 g/mol. The average Bonchev–Trinajstić information content (AvgIpc) is 2.98. The first-order valence-corrected chi connectivity index (χ1v) is 10.9. The lowest BCUT2D eigenvalue weighted by atomic mass is 9.76. The number of aryl methyl sites for hydroxylation is 1. The first kappa shape index (κ1) is 21.9. The fourth-order valence-electron chi connectivity index (χ4n) is 4.56. The van der Waals surface area contributed by atoms with Crippen LogP contribution < -0.4 is 15.4 Å². The van der Waals surface area contributed by atoms with Crippen LogP contribution in [0.25, 0.3) is 0 Å². The monoisotopic (exact) mass is 435 g/mol. The van der Waals surface area contributed by atoms with Crippen LogP contribution in [0.5, 0.6) is 5.75 Å². The predicted molar refractivity (Wildman–Crippen MR) is 122 cm³/mol. The highest BCUT2D eigenvalue weighted by molar-refractivity contribution is 6.10. The second-order valence-corrected chi connectivity index (χ2v) is 9.45. The number of carbonyl (C=O) groups is 3. The standard InChI is InChI=1S/C25H29N3O4/c1-24(2,3)17-11-12-20(32-4)19(14-17)26-21(29)15-28-22(30)25(27-23(28)31)13-7-9-16-8-5-6-10-18(16)25/h5-6,8,10-12,14H,7,9,13,15H2,1-4H3,(H,26,29)(H,27,31). The molecule has 7 heteroatoms. The zero-order chi connectivity index (χ0) is 23.1. The Bertz CT molecular complexity index is 1090. The van der Waals surface area contributed by atoms with Crippen LogP contribution in [0.2, 0.25) is 0 Å². The largest absolute Gasteiger partial charge is 0.495 e. The van der Waals surface area contributed by atoms with Crippen molar-refractivity contribution in [1.29, 1.82) is 0 Å². The summed E-state index contributed by atoms with van der Waals surface area (Å²) in [7, 11) is 1.53. The predicted octanol–water partition coefficient (Wildman–Crippen LogP) is 3.71. The van der Waals surface area contributed by atoms with Gasteiger partial charge in [-0.05, 0) is 53.5 Å². The zero-order valence-corrected chi connectivity index (χ0v) is 19.0. The van der Waals surface area contributed by atoms with Gasteiger partial charge < -0.3 is 15.4 Å². The van der Waals surface area contributed by atoms with E-state index in [0.29, 0.717) is 17.9 Å². The summed E-state index contributed by atoms with van der Waals surface area (Å²) < 4.78 is 5.38. The van der Waals surface area contributed by atoms with E-state index < -0.39 is 17.5 Å². The number of nitrogens with zero attached hydrogens (tertiary/aromatic N) is 1. The van der Waals surface area contributed by atoms with Gasteiger partial charge in [0, 0.05) is 0 Å². The van der Waals surface area contributed by atoms with E-state index in [4.69, 9.17) is 4.74 Å². The summed E-state index contributed by atoms with van der Waals surface area (Å²) in [5.74, 6) is -0.319. The molecule has 168 valence electrons. The molecule has 1 spiro atoms. The van der Waals surface area contributed by atoms with Gasteiger partial charge in [-0.3, -0.25) is 14.5 Å². The van der Waals surface area contributed by atoms with Gasteiger partial charge in [0.2, 0.25) is 5.91 Å². The molecule has 0 saturated carbocycles. The Morgan fingerprint density at radius 3 is 2.66 bits per heavy atom. The fourth-order valence-corrected chi connectivity index (χ4v) is 4.56. The number of urea groups is 1. The Morgan fingerprint density at radius 1 is 1.19 bits per heavy atom. The second kappa shape index (κ2) is 7.97. The van der Waals surface area contributed by atoms with Crippen LogP contribution >= 0.6 is 0 Å². The molecule has 0 radical (unpaired) electrons. The summed E-state index contributed by atoms with van der Waals surface area (Å²) in [5, 5.41) is 5.69. The minimum absolute atomic E-state index is 0.114. The summed E-state index contributed by atoms with van der Waals surface area (Å²) in [6.45, 7) is 5.87. The molecule has 1 aliphatic heterocycles. The molecule has 1 fully saturated rings. The maximum Gasteiger partial charge on any atom is 0.325 e. The number of anilines is 1. The number of rotatable bonds is 4. The third kappa shape index (κ3) is 3.72. The number of benzene rings is 2. The van der Waals surface area contributed by atoms with Crippen LogP contribution in [0.4, 0.5) is 10.5 Å². The lowest BCUT2D eigenvalue weighted by molar-refractivity contribution is -0.134. The van der Waals surface area contributed by atoms with Gasteiger partial charge in [0.1, 0.15) is 17.8 Å². The van der Waals surface area contributed by atoms with Crippen LogP contribution in [0.1, 0.15) is 50.3 Å². The van der Waals surface area contributed by atoms with E-state index in [1.165, 1.54) is 7.11 Å². The molecule has 0 aromatic heterocycles. The molecular formula is C25H29N3O4. The third-order valence-corrected chi connectivity index (χ3v) is 6.29. The van der Waals surface area contributed by atoms with Crippen molar-refractivity contribution in [3.8, 4) is 5.75 Å². The molecule has 32 heavy (non-hydrogen) atoms. The number of hydrogen-bond donors (Lipinski definition) is 2. The van der Waals surface area contributed by atoms with Crippen molar-refractivity contribution >= 4 is 23.5 Å². The van der Waals surface area contributed by atoms with Gasteiger partial charge in [-0.25, -0.2) is 4.79 Å². The van der Waals surface area contributed by atoms with Crippen molar-refractivity contribution in [2.45, 2.75) is 51.0 Å². The van der Waals surface area contributed by atoms with E-state index in [-0.39, 0.29) is 17.9 Å². The first-order chi connectivity index (χ1) is 15.2. The molecule has 1 atom stereocenters. The Balaban J connectivity index is 1.55. The number of nitrogens with one attached hydrogen (secondary N) is 2. The number of hydrogen-bond acceptors (Lipinski definition) is 4. The van der Waals surface area contributed by atoms with Gasteiger partial charge in [0.15, 0.2) is 0 Å². The van der Waals surface area contributed by atoms with E-state index in [0.717, 1.165) is 34.4 Å². The summed E-state index contributed by atoms with van der Waals surface area (Å²) in [6.07, 6.45) is 2.18. The van der Waals surface area contributed by atoms with Gasteiger partial charge in [0.25, 0.3) is 5.91 Å². The Kier molecular flexibility index (Phi) is 5.44. The van der Waals surface area contributed by atoms with Gasteiger partial charge in [-0.1, -0.05) is 51.1 Å². The number of fused-ring (bicyclic) bond motifs is 2. The quantitative estimate of drug-likeness (QED) is 0.717. The molecule has 0 bridgehead atoms. The number of carbonyl (C=O) groups excluding carboxylic acids is 3. The fraction of sp³-hybridized carbons (Fsp3) is 0.400. The van der Waals surface area contributed by atoms with Crippen molar-refractivity contribution in [2.75, 3.05) is 19.0 Å². The molecule has 1 saturated heterocycles. The SMILES string of the molecule is COc1ccc(C(C)(C)C)cc1NC(=O)CN1C(=O)NC2(CCCc3ccccc32)C1=O. The highest BCUT2D eigenvalue weighted by Crippen LogP contribution is 2.40. The zero-order valence-electron chi connectivity index (χ0n) is 19.0. The maximum atomic E-state index is 13.4. The van der Waals surface area contributed by atoms with Crippen molar-refractivity contribution in [1.82, 2.24) is 10.2 Å². The Morgan fingerprint density at radius 2 is 1.94 bits per heavy atom. The highest BCUT2D eigenvalue weighted by atomic mass is 16.5. The number of amides is 4. The summed E-state index contributed by atoms with van der Waals surface area (Å²) >= 11 is 0. The van der Waals surface area contributed by atoms with Crippen LogP contribution in [-0.2, 0) is 27.0 Å². The Hall–Kier alpha value is -3.35. The normalized spacial score (nSPS) is 20.2. The summed E-state index contributed by atoms with van der Waals surface area (Å²) in [4.78, 5) is 40.0. The molecule has 4 rings (SSSR count). The van der Waals surface area contributed by atoms with Crippen molar-refractivity contribution in [3.63, 3.8) is 0 Å². The van der Waals surface area contributed by atoms with Crippen LogP contribution in [0.3, 0.4) is 0 Å². The smallest absolute Gasteiger partial charge is 0.325 e. The molecule has 1 heterocycles. The summed E-state index contributed by atoms with van der Waals surface area (Å²) in [6, 6.07) is 12.8. The molecule has 7 nitrogen and oxygen atoms in total. The second-order valence-electron chi connectivity index (χ2n) is 9.45. The lowest BCUT2D eigenvalue weighted by Gasteiger charge is -2.33.